The lowest BCUT2D eigenvalue weighted by molar-refractivity contribution is -0.137. The molecule has 0 aliphatic carbocycles. The zero-order valence-corrected chi connectivity index (χ0v) is 16.0. The van der Waals surface area contributed by atoms with Gasteiger partial charge >= 0.3 is 11.9 Å². The van der Waals surface area contributed by atoms with E-state index in [0.717, 1.165) is 12.1 Å². The molecule has 0 atom stereocenters. The average Bonchev–Trinajstić information content (AvgIpc) is 3.04. The second-order valence-electron chi connectivity index (χ2n) is 6.39. The summed E-state index contributed by atoms with van der Waals surface area (Å²) in [5.41, 5.74) is 1.43. The van der Waals surface area contributed by atoms with Crippen LogP contribution in [-0.4, -0.2) is 15.0 Å². The first-order valence-corrected chi connectivity index (χ1v) is 8.94. The van der Waals surface area contributed by atoms with E-state index in [4.69, 9.17) is 16.0 Å². The number of fused-ring (bicyclic) bond motifs is 1. The van der Waals surface area contributed by atoms with E-state index >= 15 is 0 Å². The number of anilines is 4. The fourth-order valence-electron chi connectivity index (χ4n) is 2.74. The van der Waals surface area contributed by atoms with E-state index in [-0.39, 0.29) is 11.6 Å². The third-order valence-corrected chi connectivity index (χ3v) is 4.51. The van der Waals surface area contributed by atoms with Gasteiger partial charge < -0.3 is 15.1 Å². The molecule has 2 aromatic heterocycles. The molecular formula is C19H13ClF3N5O2. The first-order chi connectivity index (χ1) is 14.2. The largest absolute Gasteiger partial charge is 0.417 e. The molecule has 2 aromatic carbocycles. The van der Waals surface area contributed by atoms with Crippen molar-refractivity contribution in [1.29, 1.82) is 0 Å². The van der Waals surface area contributed by atoms with Crippen LogP contribution in [0.25, 0.3) is 11.1 Å². The van der Waals surface area contributed by atoms with E-state index < -0.39 is 22.5 Å². The number of H-pyrrole nitrogens is 1. The average molecular weight is 436 g/mol. The molecule has 0 amide bonds. The minimum atomic E-state index is -4.58. The number of benzene rings is 2. The molecule has 4 aromatic rings. The Balaban J connectivity index is 1.61. The summed E-state index contributed by atoms with van der Waals surface area (Å²) in [7, 11) is 0. The van der Waals surface area contributed by atoms with E-state index in [1.165, 1.54) is 12.3 Å². The van der Waals surface area contributed by atoms with E-state index in [1.54, 1.807) is 25.1 Å². The monoisotopic (exact) mass is 435 g/mol. The van der Waals surface area contributed by atoms with Crippen LogP contribution in [0.3, 0.4) is 0 Å². The van der Waals surface area contributed by atoms with Gasteiger partial charge in [-0.25, -0.2) is 9.78 Å². The second-order valence-corrected chi connectivity index (χ2v) is 6.80. The van der Waals surface area contributed by atoms with Gasteiger partial charge in [0, 0.05) is 23.1 Å². The highest BCUT2D eigenvalue weighted by Gasteiger charge is 2.33. The lowest BCUT2D eigenvalue weighted by Gasteiger charge is -2.13. The van der Waals surface area contributed by atoms with E-state index in [9.17, 15) is 18.0 Å². The van der Waals surface area contributed by atoms with Gasteiger partial charge in [0.05, 0.1) is 16.1 Å². The molecule has 11 heteroatoms. The number of aryl methyl sites for hydroxylation is 1. The maximum atomic E-state index is 13.1. The quantitative estimate of drug-likeness (QED) is 0.398. The predicted octanol–water partition coefficient (Wildman–Crippen LogP) is 5.38. The zero-order valence-electron chi connectivity index (χ0n) is 15.3. The normalized spacial score (nSPS) is 11.6. The summed E-state index contributed by atoms with van der Waals surface area (Å²) in [6.45, 7) is 1.77. The lowest BCUT2D eigenvalue weighted by Crippen LogP contribution is -2.07. The Morgan fingerprint density at radius 1 is 1.10 bits per heavy atom. The number of nitrogens with one attached hydrogen (secondary N) is 3. The van der Waals surface area contributed by atoms with E-state index in [0.29, 0.717) is 28.2 Å². The van der Waals surface area contributed by atoms with Gasteiger partial charge in [0.25, 0.3) is 0 Å². The van der Waals surface area contributed by atoms with Crippen molar-refractivity contribution in [2.24, 2.45) is 0 Å². The summed E-state index contributed by atoms with van der Waals surface area (Å²) in [6.07, 6.45) is -3.06. The van der Waals surface area contributed by atoms with Crippen molar-refractivity contribution in [2.45, 2.75) is 13.1 Å². The molecule has 0 unspecified atom stereocenters. The molecule has 0 spiro atoms. The van der Waals surface area contributed by atoms with Crippen LogP contribution in [-0.2, 0) is 6.18 Å². The number of alkyl halides is 3. The van der Waals surface area contributed by atoms with Crippen molar-refractivity contribution in [3.8, 4) is 0 Å². The molecule has 3 N–H and O–H groups in total. The lowest BCUT2D eigenvalue weighted by atomic mass is 10.2. The van der Waals surface area contributed by atoms with Crippen molar-refractivity contribution in [1.82, 2.24) is 15.0 Å². The standard InChI is InChI=1S/C19H13ClF3N5O2/c1-9-8-24-17(26-10-2-4-13(20)12(6-10)19(21,22)23)28-16(9)25-11-3-5-15-14(7-11)27-18(29)30-15/h2-8H,1H3,(H,27,29)(H2,24,25,26,28). The SMILES string of the molecule is Cc1cnc(Nc2ccc(Cl)c(C(F)(F)F)c2)nc1Nc1ccc2oc(=O)[nH]c2c1. The van der Waals surface area contributed by atoms with Gasteiger partial charge in [-0.3, -0.25) is 4.98 Å². The van der Waals surface area contributed by atoms with E-state index in [1.807, 2.05) is 0 Å². The Labute approximate surface area is 171 Å². The topological polar surface area (TPSA) is 95.8 Å². The van der Waals surface area contributed by atoms with Gasteiger partial charge in [0.2, 0.25) is 5.95 Å². The van der Waals surface area contributed by atoms with Crippen LogP contribution in [0.15, 0.2) is 51.8 Å². The fourth-order valence-corrected chi connectivity index (χ4v) is 2.97. The highest BCUT2D eigenvalue weighted by molar-refractivity contribution is 6.31. The maximum absolute atomic E-state index is 13.1. The summed E-state index contributed by atoms with van der Waals surface area (Å²) < 4.78 is 44.1. The highest BCUT2D eigenvalue weighted by Crippen LogP contribution is 2.36. The number of hydrogen-bond acceptors (Lipinski definition) is 6. The summed E-state index contributed by atoms with van der Waals surface area (Å²) in [4.78, 5) is 22.3. The molecule has 4 rings (SSSR count). The number of aromatic amines is 1. The number of rotatable bonds is 4. The van der Waals surface area contributed by atoms with Crippen molar-refractivity contribution < 1.29 is 17.6 Å². The maximum Gasteiger partial charge on any atom is 0.417 e. The first kappa shape index (κ1) is 19.8. The molecule has 0 aliphatic heterocycles. The molecule has 7 nitrogen and oxygen atoms in total. The number of nitrogens with zero attached hydrogens (tertiary/aromatic N) is 2. The Morgan fingerprint density at radius 3 is 2.60 bits per heavy atom. The van der Waals surface area contributed by atoms with Gasteiger partial charge in [-0.1, -0.05) is 11.6 Å². The molecular weight excluding hydrogens is 423 g/mol. The van der Waals surface area contributed by atoms with Crippen LogP contribution < -0.4 is 16.4 Å². The van der Waals surface area contributed by atoms with E-state index in [2.05, 4.69) is 25.6 Å². The summed E-state index contributed by atoms with van der Waals surface area (Å²) >= 11 is 5.65. The van der Waals surface area contributed by atoms with Crippen LogP contribution in [0.2, 0.25) is 5.02 Å². The fraction of sp³-hybridized carbons (Fsp3) is 0.105. The molecule has 0 aliphatic rings. The van der Waals surface area contributed by atoms with Crippen LogP contribution >= 0.6 is 11.6 Å². The number of oxazole rings is 1. The van der Waals surface area contributed by atoms with Crippen molar-refractivity contribution in [3.63, 3.8) is 0 Å². The van der Waals surface area contributed by atoms with Crippen LogP contribution in [0.1, 0.15) is 11.1 Å². The minimum absolute atomic E-state index is 0.0938. The third-order valence-electron chi connectivity index (χ3n) is 4.18. The zero-order chi connectivity index (χ0) is 21.5. The van der Waals surface area contributed by atoms with Gasteiger partial charge in [-0.2, -0.15) is 18.2 Å². The highest BCUT2D eigenvalue weighted by atomic mass is 35.5. The van der Waals surface area contributed by atoms with Gasteiger partial charge in [-0.15, -0.1) is 0 Å². The Bertz CT molecular complexity index is 1300. The smallest absolute Gasteiger partial charge is 0.408 e. The van der Waals surface area contributed by atoms with Crippen molar-refractivity contribution in [3.05, 3.63) is 69.3 Å². The molecule has 0 bridgehead atoms. The molecule has 0 radical (unpaired) electrons. The Morgan fingerprint density at radius 2 is 1.83 bits per heavy atom. The summed E-state index contributed by atoms with van der Waals surface area (Å²) in [5.74, 6) is -0.0351. The Hall–Kier alpha value is -3.53. The van der Waals surface area contributed by atoms with Crippen molar-refractivity contribution in [2.75, 3.05) is 10.6 Å². The summed E-state index contributed by atoms with van der Waals surface area (Å²) in [5, 5.41) is 5.44. The summed E-state index contributed by atoms with van der Waals surface area (Å²) in [6, 6.07) is 8.43. The van der Waals surface area contributed by atoms with Gasteiger partial charge in [0.1, 0.15) is 5.82 Å². The molecule has 0 saturated heterocycles. The molecule has 30 heavy (non-hydrogen) atoms. The number of hydrogen-bond donors (Lipinski definition) is 3. The van der Waals surface area contributed by atoms with Crippen molar-refractivity contribution >= 4 is 45.8 Å². The molecule has 0 fully saturated rings. The van der Waals surface area contributed by atoms with Crippen LogP contribution in [0, 0.1) is 6.92 Å². The van der Waals surface area contributed by atoms with Crippen LogP contribution in [0.4, 0.5) is 36.3 Å². The van der Waals surface area contributed by atoms with Crippen LogP contribution in [0.5, 0.6) is 0 Å². The number of halogens is 4. The second kappa shape index (κ2) is 7.38. The predicted molar refractivity (Wildman–Crippen MR) is 107 cm³/mol. The molecule has 2 heterocycles. The molecule has 0 saturated carbocycles. The number of aromatic nitrogens is 3. The Kier molecular flexibility index (Phi) is 4.86. The van der Waals surface area contributed by atoms with Gasteiger partial charge in [-0.05, 0) is 43.3 Å². The minimum Gasteiger partial charge on any atom is -0.408 e. The van der Waals surface area contributed by atoms with Gasteiger partial charge in [0.15, 0.2) is 5.58 Å². The first-order valence-electron chi connectivity index (χ1n) is 8.56. The molecule has 154 valence electrons. The third kappa shape index (κ3) is 4.08.